The van der Waals surface area contributed by atoms with Crippen LogP contribution >= 0.6 is 0 Å². The van der Waals surface area contributed by atoms with Gasteiger partial charge in [0.1, 0.15) is 0 Å². The predicted octanol–water partition coefficient (Wildman–Crippen LogP) is 3.33. The third kappa shape index (κ3) is 3.66. The molecule has 1 atom stereocenters. The molecule has 2 N–H and O–H groups in total. The van der Waals surface area contributed by atoms with Crippen molar-refractivity contribution in [1.29, 1.82) is 0 Å². The van der Waals surface area contributed by atoms with Crippen molar-refractivity contribution in [2.24, 2.45) is 0 Å². The van der Waals surface area contributed by atoms with Crippen molar-refractivity contribution in [1.82, 2.24) is 0 Å². The first-order valence-corrected chi connectivity index (χ1v) is 6.69. The fourth-order valence-corrected chi connectivity index (χ4v) is 2.17. The quantitative estimate of drug-likeness (QED) is 0.861. The van der Waals surface area contributed by atoms with Crippen LogP contribution in [0.5, 0.6) is 0 Å². The summed E-state index contributed by atoms with van der Waals surface area (Å²) in [6.07, 6.45) is 1.23. The van der Waals surface area contributed by atoms with Gasteiger partial charge in [0, 0.05) is 6.61 Å². The van der Waals surface area contributed by atoms with Crippen molar-refractivity contribution < 1.29 is 10.2 Å². The van der Waals surface area contributed by atoms with Gasteiger partial charge in [-0.3, -0.25) is 0 Å². The maximum Gasteiger partial charge on any atom is 0.0762 e. The summed E-state index contributed by atoms with van der Waals surface area (Å²) in [4.78, 5) is 0. The molecule has 2 nitrogen and oxygen atoms in total. The Kier molecular flexibility index (Phi) is 4.72. The van der Waals surface area contributed by atoms with E-state index in [1.165, 1.54) is 5.56 Å². The molecule has 0 radical (unpaired) electrons. The Morgan fingerprint density at radius 1 is 1.00 bits per heavy atom. The first kappa shape index (κ1) is 13.8. The number of rotatable bonds is 5. The van der Waals surface area contributed by atoms with Gasteiger partial charge in [0.25, 0.3) is 0 Å². The molecule has 0 heterocycles. The standard InChI is InChI=1S/C17H20O2/c1-13(19)15-7-3-9-17(12-15)16-8-2-5-14(11-16)6-4-10-18/h2-3,5,7-9,11-13,18-19H,4,6,10H2,1H3. The summed E-state index contributed by atoms with van der Waals surface area (Å²) >= 11 is 0. The highest BCUT2D eigenvalue weighted by atomic mass is 16.3. The topological polar surface area (TPSA) is 40.5 Å². The van der Waals surface area contributed by atoms with E-state index in [1.807, 2.05) is 24.3 Å². The molecule has 0 amide bonds. The van der Waals surface area contributed by atoms with Gasteiger partial charge in [-0.25, -0.2) is 0 Å². The van der Waals surface area contributed by atoms with Gasteiger partial charge < -0.3 is 10.2 Å². The summed E-state index contributed by atoms with van der Waals surface area (Å²) in [5.74, 6) is 0. The van der Waals surface area contributed by atoms with Crippen molar-refractivity contribution in [3.63, 3.8) is 0 Å². The highest BCUT2D eigenvalue weighted by Crippen LogP contribution is 2.24. The maximum atomic E-state index is 9.64. The van der Waals surface area contributed by atoms with Gasteiger partial charge in [0.2, 0.25) is 0 Å². The molecule has 2 heteroatoms. The molecule has 0 fully saturated rings. The van der Waals surface area contributed by atoms with Crippen molar-refractivity contribution in [2.75, 3.05) is 6.61 Å². The molecule has 2 aromatic rings. The molecule has 2 rings (SSSR count). The van der Waals surface area contributed by atoms with Crippen LogP contribution in [0.2, 0.25) is 0 Å². The lowest BCUT2D eigenvalue weighted by molar-refractivity contribution is 0.199. The zero-order valence-electron chi connectivity index (χ0n) is 11.2. The third-order valence-corrected chi connectivity index (χ3v) is 3.25. The number of aryl methyl sites for hydroxylation is 1. The van der Waals surface area contributed by atoms with E-state index >= 15 is 0 Å². The minimum Gasteiger partial charge on any atom is -0.396 e. The van der Waals surface area contributed by atoms with Gasteiger partial charge >= 0.3 is 0 Å². The first-order valence-electron chi connectivity index (χ1n) is 6.69. The Morgan fingerprint density at radius 2 is 1.68 bits per heavy atom. The second-order valence-corrected chi connectivity index (χ2v) is 4.83. The van der Waals surface area contributed by atoms with Gasteiger partial charge in [0.05, 0.1) is 6.10 Å². The lowest BCUT2D eigenvalue weighted by atomic mass is 9.98. The number of hydrogen-bond donors (Lipinski definition) is 2. The van der Waals surface area contributed by atoms with E-state index in [1.54, 1.807) is 6.92 Å². The van der Waals surface area contributed by atoms with Crippen LogP contribution in [-0.2, 0) is 6.42 Å². The summed E-state index contributed by atoms with van der Waals surface area (Å²) in [5.41, 5.74) is 4.43. The monoisotopic (exact) mass is 256 g/mol. The molecule has 0 spiro atoms. The summed E-state index contributed by atoms with van der Waals surface area (Å²) in [7, 11) is 0. The van der Waals surface area contributed by atoms with E-state index in [9.17, 15) is 5.11 Å². The Balaban J connectivity index is 2.28. The van der Waals surface area contributed by atoms with E-state index in [0.29, 0.717) is 0 Å². The van der Waals surface area contributed by atoms with E-state index < -0.39 is 6.10 Å². The molecule has 0 bridgehead atoms. The predicted molar refractivity (Wildman–Crippen MR) is 77.9 cm³/mol. The van der Waals surface area contributed by atoms with Gasteiger partial charge in [0.15, 0.2) is 0 Å². The average Bonchev–Trinajstić information content (AvgIpc) is 2.45. The average molecular weight is 256 g/mol. The zero-order valence-corrected chi connectivity index (χ0v) is 11.2. The lowest BCUT2D eigenvalue weighted by Crippen LogP contribution is -1.92. The van der Waals surface area contributed by atoms with Crippen molar-refractivity contribution in [2.45, 2.75) is 25.9 Å². The van der Waals surface area contributed by atoms with Crippen molar-refractivity contribution >= 4 is 0 Å². The molecule has 19 heavy (non-hydrogen) atoms. The summed E-state index contributed by atoms with van der Waals surface area (Å²) in [6.45, 7) is 2.00. The van der Waals surface area contributed by atoms with E-state index in [4.69, 9.17) is 5.11 Å². The fraction of sp³-hybridized carbons (Fsp3) is 0.294. The smallest absolute Gasteiger partial charge is 0.0762 e. The van der Waals surface area contributed by atoms with Crippen LogP contribution < -0.4 is 0 Å². The molecule has 0 aliphatic rings. The minimum absolute atomic E-state index is 0.224. The molecule has 0 aliphatic carbocycles. The highest BCUT2D eigenvalue weighted by molar-refractivity contribution is 5.65. The van der Waals surface area contributed by atoms with Crippen LogP contribution in [0.25, 0.3) is 11.1 Å². The third-order valence-electron chi connectivity index (χ3n) is 3.25. The maximum absolute atomic E-state index is 9.64. The molecule has 0 saturated heterocycles. The lowest BCUT2D eigenvalue weighted by Gasteiger charge is -2.09. The van der Waals surface area contributed by atoms with Crippen molar-refractivity contribution in [3.05, 3.63) is 59.7 Å². The molecule has 0 aliphatic heterocycles. The summed E-state index contributed by atoms with van der Waals surface area (Å²) in [6, 6.07) is 16.3. The van der Waals surface area contributed by atoms with Gasteiger partial charge in [-0.2, -0.15) is 0 Å². The number of benzene rings is 2. The number of aliphatic hydroxyl groups excluding tert-OH is 2. The van der Waals surface area contributed by atoms with Crippen LogP contribution in [0.3, 0.4) is 0 Å². The highest BCUT2D eigenvalue weighted by Gasteiger charge is 2.04. The van der Waals surface area contributed by atoms with Gasteiger partial charge in [-0.05, 0) is 48.1 Å². The molecule has 1 unspecified atom stereocenters. The SMILES string of the molecule is CC(O)c1cccc(-c2cccc(CCCO)c2)c1. The molecule has 0 saturated carbocycles. The fourth-order valence-electron chi connectivity index (χ4n) is 2.17. The molecule has 0 aromatic heterocycles. The molecular weight excluding hydrogens is 236 g/mol. The number of aliphatic hydroxyl groups is 2. The Bertz CT molecular complexity index is 532. The van der Waals surface area contributed by atoms with E-state index in [2.05, 4.69) is 24.3 Å². The number of hydrogen-bond acceptors (Lipinski definition) is 2. The zero-order chi connectivity index (χ0) is 13.7. The minimum atomic E-state index is -0.447. The Hall–Kier alpha value is -1.64. The van der Waals surface area contributed by atoms with E-state index in [-0.39, 0.29) is 6.61 Å². The van der Waals surface area contributed by atoms with Crippen LogP contribution in [-0.4, -0.2) is 16.8 Å². The van der Waals surface area contributed by atoms with Gasteiger partial charge in [-0.15, -0.1) is 0 Å². The Morgan fingerprint density at radius 3 is 2.37 bits per heavy atom. The van der Waals surface area contributed by atoms with Crippen LogP contribution in [0, 0.1) is 0 Å². The second-order valence-electron chi connectivity index (χ2n) is 4.83. The Labute approximate surface area is 114 Å². The van der Waals surface area contributed by atoms with Crippen LogP contribution in [0.15, 0.2) is 48.5 Å². The normalized spacial score (nSPS) is 12.4. The largest absolute Gasteiger partial charge is 0.396 e. The van der Waals surface area contributed by atoms with E-state index in [0.717, 1.165) is 29.5 Å². The van der Waals surface area contributed by atoms with Crippen LogP contribution in [0.1, 0.15) is 30.6 Å². The van der Waals surface area contributed by atoms with Gasteiger partial charge in [-0.1, -0.05) is 42.5 Å². The van der Waals surface area contributed by atoms with Crippen LogP contribution in [0.4, 0.5) is 0 Å². The second kappa shape index (κ2) is 6.50. The summed E-state index contributed by atoms with van der Waals surface area (Å²) < 4.78 is 0. The molecular formula is C17H20O2. The molecule has 2 aromatic carbocycles. The molecule has 100 valence electrons. The van der Waals surface area contributed by atoms with Crippen molar-refractivity contribution in [3.8, 4) is 11.1 Å². The summed E-state index contributed by atoms with van der Waals surface area (Å²) in [5, 5.41) is 18.5. The first-order chi connectivity index (χ1) is 9.20.